The van der Waals surface area contributed by atoms with Gasteiger partial charge in [-0.25, -0.2) is 9.37 Å². The summed E-state index contributed by atoms with van der Waals surface area (Å²) < 4.78 is 15.4. The van der Waals surface area contributed by atoms with Crippen molar-refractivity contribution in [1.82, 2.24) is 9.55 Å². The highest BCUT2D eigenvalue weighted by Gasteiger charge is 2.13. The summed E-state index contributed by atoms with van der Waals surface area (Å²) in [6, 6.07) is 14.2. The topological polar surface area (TPSA) is 34.9 Å². The second-order valence-electron chi connectivity index (χ2n) is 5.94. The van der Waals surface area contributed by atoms with E-state index in [2.05, 4.69) is 4.98 Å². The van der Waals surface area contributed by atoms with Crippen molar-refractivity contribution in [2.75, 3.05) is 0 Å². The van der Waals surface area contributed by atoms with E-state index in [1.165, 1.54) is 23.5 Å². The number of hydrogen-bond donors (Lipinski definition) is 0. The lowest BCUT2D eigenvalue weighted by Crippen LogP contribution is -2.20. The fourth-order valence-electron chi connectivity index (χ4n) is 2.86. The third-order valence-electron chi connectivity index (χ3n) is 4.30. The van der Waals surface area contributed by atoms with Crippen LogP contribution in [-0.4, -0.2) is 9.55 Å². The number of fused-ring (bicyclic) bond motifs is 1. The molecule has 0 saturated carbocycles. The molecule has 0 N–H and O–H groups in total. The van der Waals surface area contributed by atoms with Gasteiger partial charge in [0, 0.05) is 10.9 Å². The third-order valence-corrected chi connectivity index (χ3v) is 5.26. The molecule has 2 heterocycles. The first kappa shape index (κ1) is 15.7. The van der Waals surface area contributed by atoms with Gasteiger partial charge in [-0.2, -0.15) is 0 Å². The number of benzene rings is 2. The van der Waals surface area contributed by atoms with E-state index in [1.807, 2.05) is 36.6 Å². The van der Waals surface area contributed by atoms with Crippen LogP contribution in [0.25, 0.3) is 21.3 Å². The smallest absolute Gasteiger partial charge is 0.271 e. The molecule has 4 rings (SSSR count). The van der Waals surface area contributed by atoms with Gasteiger partial charge < -0.3 is 0 Å². The first-order valence-corrected chi connectivity index (χ1v) is 8.78. The second kappa shape index (κ2) is 6.26. The average molecular weight is 350 g/mol. The molecule has 2 aromatic heterocycles. The number of rotatable bonds is 3. The molecule has 0 spiro atoms. The number of aryl methyl sites for hydroxylation is 1. The summed E-state index contributed by atoms with van der Waals surface area (Å²) in [5.41, 5.74) is 4.58. The van der Waals surface area contributed by atoms with Crippen LogP contribution in [-0.2, 0) is 6.54 Å². The molecule has 0 fully saturated rings. The zero-order valence-electron chi connectivity index (χ0n) is 13.6. The van der Waals surface area contributed by atoms with Crippen LogP contribution in [0.3, 0.4) is 0 Å². The fourth-order valence-corrected chi connectivity index (χ4v) is 3.84. The molecule has 25 heavy (non-hydrogen) atoms. The van der Waals surface area contributed by atoms with E-state index in [0.717, 1.165) is 22.3 Å². The van der Waals surface area contributed by atoms with Crippen molar-refractivity contribution in [2.24, 2.45) is 0 Å². The molecule has 5 heteroatoms. The van der Waals surface area contributed by atoms with Crippen LogP contribution >= 0.6 is 11.3 Å². The van der Waals surface area contributed by atoms with E-state index < -0.39 is 0 Å². The van der Waals surface area contributed by atoms with Crippen molar-refractivity contribution in [3.8, 4) is 11.1 Å². The SMILES string of the molecule is Cc1ccccc1Cn1cnc2c(-c3ccc(F)cc3)csc2c1=O. The molecule has 0 amide bonds. The van der Waals surface area contributed by atoms with Crippen LogP contribution < -0.4 is 5.56 Å². The predicted molar refractivity (Wildman–Crippen MR) is 99.6 cm³/mol. The lowest BCUT2D eigenvalue weighted by molar-refractivity contribution is 0.628. The van der Waals surface area contributed by atoms with Gasteiger partial charge in [0.25, 0.3) is 5.56 Å². The standard InChI is InChI=1S/C20H15FN2OS/c1-13-4-2-3-5-15(13)10-23-12-22-18-17(11-25-19(18)20(23)24)14-6-8-16(21)9-7-14/h2-9,11-12H,10H2,1H3. The van der Waals surface area contributed by atoms with Crippen LogP contribution in [0, 0.1) is 12.7 Å². The van der Waals surface area contributed by atoms with Crippen molar-refractivity contribution in [3.05, 3.63) is 87.5 Å². The molecular formula is C20H15FN2OS. The van der Waals surface area contributed by atoms with Crippen LogP contribution in [0.15, 0.2) is 65.0 Å². The molecule has 0 aliphatic carbocycles. The summed E-state index contributed by atoms with van der Waals surface area (Å²) in [4.78, 5) is 17.3. The molecule has 0 bridgehead atoms. The minimum atomic E-state index is -0.281. The Morgan fingerprint density at radius 2 is 1.88 bits per heavy atom. The molecule has 0 saturated heterocycles. The van der Waals surface area contributed by atoms with Gasteiger partial charge in [0.1, 0.15) is 10.5 Å². The van der Waals surface area contributed by atoms with Crippen molar-refractivity contribution in [1.29, 1.82) is 0 Å². The zero-order valence-corrected chi connectivity index (χ0v) is 14.4. The molecule has 0 aliphatic rings. The maximum atomic E-state index is 13.1. The van der Waals surface area contributed by atoms with Gasteiger partial charge in [-0.1, -0.05) is 36.4 Å². The molecule has 0 unspecified atom stereocenters. The average Bonchev–Trinajstić information content (AvgIpc) is 3.05. The van der Waals surface area contributed by atoms with Gasteiger partial charge in [0.15, 0.2) is 0 Å². The highest BCUT2D eigenvalue weighted by molar-refractivity contribution is 7.17. The van der Waals surface area contributed by atoms with E-state index in [-0.39, 0.29) is 11.4 Å². The predicted octanol–water partition coefficient (Wildman–Crippen LogP) is 4.62. The van der Waals surface area contributed by atoms with Gasteiger partial charge in [-0.05, 0) is 35.7 Å². The minimum absolute atomic E-state index is 0.0494. The zero-order chi connectivity index (χ0) is 17.4. The largest absolute Gasteiger partial charge is 0.294 e. The number of nitrogens with zero attached hydrogens (tertiary/aromatic N) is 2. The Morgan fingerprint density at radius 1 is 1.12 bits per heavy atom. The molecule has 124 valence electrons. The summed E-state index contributed by atoms with van der Waals surface area (Å²) in [6.45, 7) is 2.53. The maximum absolute atomic E-state index is 13.1. The molecular weight excluding hydrogens is 335 g/mol. The van der Waals surface area contributed by atoms with Crippen molar-refractivity contribution < 1.29 is 4.39 Å². The normalized spacial score (nSPS) is 11.1. The lowest BCUT2D eigenvalue weighted by atomic mass is 10.1. The Kier molecular flexibility index (Phi) is 3.93. The van der Waals surface area contributed by atoms with Crippen LogP contribution in [0.4, 0.5) is 4.39 Å². The Morgan fingerprint density at radius 3 is 2.64 bits per heavy atom. The van der Waals surface area contributed by atoms with Gasteiger partial charge in [-0.3, -0.25) is 9.36 Å². The quantitative estimate of drug-likeness (QED) is 0.540. The number of thiophene rings is 1. The van der Waals surface area contributed by atoms with E-state index in [0.29, 0.717) is 16.8 Å². The Bertz CT molecular complexity index is 1110. The van der Waals surface area contributed by atoms with Gasteiger partial charge in [0.05, 0.1) is 18.4 Å². The van der Waals surface area contributed by atoms with E-state index in [4.69, 9.17) is 0 Å². The van der Waals surface area contributed by atoms with E-state index >= 15 is 0 Å². The van der Waals surface area contributed by atoms with Crippen LogP contribution in [0.5, 0.6) is 0 Å². The highest BCUT2D eigenvalue weighted by atomic mass is 32.1. The summed E-state index contributed by atoms with van der Waals surface area (Å²) in [7, 11) is 0. The monoisotopic (exact) mass is 350 g/mol. The Hall–Kier alpha value is -2.79. The summed E-state index contributed by atoms with van der Waals surface area (Å²) in [5, 5.41) is 1.91. The van der Waals surface area contributed by atoms with Gasteiger partial charge in [-0.15, -0.1) is 11.3 Å². The van der Waals surface area contributed by atoms with Crippen molar-refractivity contribution in [2.45, 2.75) is 13.5 Å². The van der Waals surface area contributed by atoms with Crippen LogP contribution in [0.1, 0.15) is 11.1 Å². The second-order valence-corrected chi connectivity index (χ2v) is 6.82. The molecule has 0 aliphatic heterocycles. The number of aromatic nitrogens is 2. The molecule has 0 atom stereocenters. The Labute approximate surface area is 148 Å². The van der Waals surface area contributed by atoms with Gasteiger partial charge >= 0.3 is 0 Å². The summed E-state index contributed by atoms with van der Waals surface area (Å²) in [5.74, 6) is -0.281. The lowest BCUT2D eigenvalue weighted by Gasteiger charge is -2.08. The van der Waals surface area contributed by atoms with Crippen molar-refractivity contribution in [3.63, 3.8) is 0 Å². The van der Waals surface area contributed by atoms with Gasteiger partial charge in [0.2, 0.25) is 0 Å². The highest BCUT2D eigenvalue weighted by Crippen LogP contribution is 2.30. The minimum Gasteiger partial charge on any atom is -0.294 e. The first-order valence-electron chi connectivity index (χ1n) is 7.90. The number of halogens is 1. The fraction of sp³-hybridized carbons (Fsp3) is 0.100. The molecule has 2 aromatic carbocycles. The first-order chi connectivity index (χ1) is 12.1. The summed E-state index contributed by atoms with van der Waals surface area (Å²) >= 11 is 1.38. The third kappa shape index (κ3) is 2.87. The molecule has 4 aromatic rings. The summed E-state index contributed by atoms with van der Waals surface area (Å²) in [6.07, 6.45) is 1.59. The maximum Gasteiger partial charge on any atom is 0.271 e. The molecule has 3 nitrogen and oxygen atoms in total. The van der Waals surface area contributed by atoms with Crippen molar-refractivity contribution >= 4 is 21.6 Å². The van der Waals surface area contributed by atoms with E-state index in [9.17, 15) is 9.18 Å². The number of hydrogen-bond acceptors (Lipinski definition) is 3. The Balaban J connectivity index is 1.78. The van der Waals surface area contributed by atoms with Crippen LogP contribution in [0.2, 0.25) is 0 Å². The van der Waals surface area contributed by atoms with E-state index in [1.54, 1.807) is 23.0 Å². The molecule has 0 radical (unpaired) electrons.